The number of aromatic amines is 1. The number of piperidine rings is 2. The zero-order chi connectivity index (χ0) is 39.1. The number of nitrogens with zero attached hydrogens (tertiary/aromatic N) is 8. The van der Waals surface area contributed by atoms with Crippen molar-refractivity contribution in [2.75, 3.05) is 81.8 Å². The fourth-order valence-electron chi connectivity index (χ4n) is 9.37. The van der Waals surface area contributed by atoms with Gasteiger partial charge in [0.1, 0.15) is 35.2 Å². The van der Waals surface area contributed by atoms with Crippen LogP contribution < -0.4 is 19.9 Å². The molecule has 4 aromatic rings. The fraction of sp³-hybridized carbons (Fsp3) is 0.537. The summed E-state index contributed by atoms with van der Waals surface area (Å²) in [6, 6.07) is 10.4. The molecule has 2 amide bonds. The number of aromatic nitrogens is 4. The number of ether oxygens (including phenoxy) is 1. The molecule has 1 unspecified atom stereocenters. The van der Waals surface area contributed by atoms with Gasteiger partial charge in [0.15, 0.2) is 5.82 Å². The average molecular weight is 785 g/mol. The third kappa shape index (κ3) is 6.44. The second-order valence-corrected chi connectivity index (χ2v) is 17.1. The van der Waals surface area contributed by atoms with Crippen LogP contribution in [-0.2, 0) is 11.3 Å². The Morgan fingerprint density at radius 1 is 0.912 bits per heavy atom. The van der Waals surface area contributed by atoms with Gasteiger partial charge in [0.05, 0.1) is 35.4 Å². The number of likely N-dealkylation sites (tertiary alicyclic amines) is 1. The molecule has 6 aliphatic rings. The third-order valence-electron chi connectivity index (χ3n) is 13.3. The van der Waals surface area contributed by atoms with Crippen LogP contribution in [0, 0.1) is 11.2 Å². The largest absolute Gasteiger partial charge is 0.488 e. The first kappa shape index (κ1) is 36.4. The number of anilines is 2. The summed E-state index contributed by atoms with van der Waals surface area (Å²) in [4.78, 5) is 44.2. The number of benzene rings is 2. The van der Waals surface area contributed by atoms with Gasteiger partial charge in [-0.05, 0) is 75.9 Å². The van der Waals surface area contributed by atoms with Crippen LogP contribution in [0.2, 0.25) is 0 Å². The molecule has 16 heteroatoms. The molecule has 0 radical (unpaired) electrons. The topological polar surface area (TPSA) is 126 Å². The van der Waals surface area contributed by atoms with Gasteiger partial charge in [-0.3, -0.25) is 24.5 Å². The summed E-state index contributed by atoms with van der Waals surface area (Å²) < 4.78 is 54.0. The Bertz CT molecular complexity index is 2230. The van der Waals surface area contributed by atoms with Gasteiger partial charge in [-0.15, -0.1) is 0 Å². The smallest absolute Gasteiger partial charge is 0.269 e. The van der Waals surface area contributed by atoms with E-state index in [9.17, 15) is 9.59 Å². The maximum absolute atomic E-state index is 15.9. The van der Waals surface area contributed by atoms with E-state index in [4.69, 9.17) is 4.74 Å². The van der Waals surface area contributed by atoms with Gasteiger partial charge < -0.3 is 24.8 Å². The molecule has 0 bridgehead atoms. The molecular formula is C41H47F3N10O3. The minimum atomic E-state index is -2.93. The molecule has 2 aromatic heterocycles. The average Bonchev–Trinajstić information content (AvgIpc) is 3.60. The highest BCUT2D eigenvalue weighted by Gasteiger charge is 2.63. The van der Waals surface area contributed by atoms with Gasteiger partial charge in [0, 0.05) is 81.5 Å². The van der Waals surface area contributed by atoms with Crippen LogP contribution in [0.5, 0.6) is 5.75 Å². The number of hydrogen-bond donors (Lipinski definition) is 2. The third-order valence-corrected chi connectivity index (χ3v) is 13.3. The summed E-state index contributed by atoms with van der Waals surface area (Å²) in [5, 5.41) is 11.4. The van der Waals surface area contributed by atoms with E-state index >= 15 is 13.2 Å². The Morgan fingerprint density at radius 2 is 1.72 bits per heavy atom. The first-order valence-corrected chi connectivity index (χ1v) is 20.2. The lowest BCUT2D eigenvalue weighted by Gasteiger charge is -2.58. The van der Waals surface area contributed by atoms with E-state index in [1.165, 1.54) is 11.0 Å². The maximum Gasteiger partial charge on any atom is 0.269 e. The van der Waals surface area contributed by atoms with Crippen LogP contribution in [0.4, 0.5) is 24.7 Å². The normalized spacial score (nSPS) is 24.1. The number of carbonyl (C=O) groups is 2. The Balaban J connectivity index is 0.718. The number of alkyl halides is 2. The predicted molar refractivity (Wildman–Crippen MR) is 207 cm³/mol. The number of halogens is 3. The Kier molecular flexibility index (Phi) is 8.66. The van der Waals surface area contributed by atoms with Crippen molar-refractivity contribution in [3.05, 3.63) is 59.7 Å². The molecule has 1 spiro atoms. The van der Waals surface area contributed by atoms with Gasteiger partial charge in [0.25, 0.3) is 11.8 Å². The van der Waals surface area contributed by atoms with Crippen LogP contribution in [-0.4, -0.2) is 136 Å². The van der Waals surface area contributed by atoms with Crippen molar-refractivity contribution >= 4 is 34.2 Å². The van der Waals surface area contributed by atoms with E-state index < -0.39 is 23.2 Å². The van der Waals surface area contributed by atoms with Gasteiger partial charge in [-0.1, -0.05) is 0 Å². The SMILES string of the molecule is CC1(Oc2ccc3[nH]nc(-c4cc(N5CCN(CCN6CCC7(CN(c8ccc9c(c8F)CN(C8CCCNC8=O)C9=O)C7)C(F)(F)C6)CC5)ncn4)c3c2)CC1. The Hall–Kier alpha value is -4.96. The van der Waals surface area contributed by atoms with Crippen molar-refractivity contribution in [3.8, 4) is 17.1 Å². The molecule has 1 aliphatic carbocycles. The summed E-state index contributed by atoms with van der Waals surface area (Å²) in [5.74, 6) is -2.41. The highest BCUT2D eigenvalue weighted by Crippen LogP contribution is 2.52. The van der Waals surface area contributed by atoms with Crippen LogP contribution in [0.15, 0.2) is 42.7 Å². The lowest BCUT2D eigenvalue weighted by atomic mass is 9.69. The zero-order valence-electron chi connectivity index (χ0n) is 32.1. The fourth-order valence-corrected chi connectivity index (χ4v) is 9.37. The molecule has 4 saturated heterocycles. The van der Waals surface area contributed by atoms with E-state index in [-0.39, 0.29) is 60.4 Å². The first-order valence-electron chi connectivity index (χ1n) is 20.2. The minimum absolute atomic E-state index is 0.00689. The van der Waals surface area contributed by atoms with E-state index in [1.807, 2.05) is 29.2 Å². The number of nitrogens with one attached hydrogen (secondary N) is 2. The van der Waals surface area contributed by atoms with Crippen LogP contribution >= 0.6 is 0 Å². The number of carbonyl (C=O) groups excluding carboxylic acids is 2. The molecule has 7 heterocycles. The summed E-state index contributed by atoms with van der Waals surface area (Å²) in [6.07, 6.45) is 5.29. The van der Waals surface area contributed by atoms with E-state index in [1.54, 1.807) is 17.3 Å². The van der Waals surface area contributed by atoms with E-state index in [0.717, 1.165) is 79.3 Å². The van der Waals surface area contributed by atoms with Crippen LogP contribution in [0.25, 0.3) is 22.3 Å². The Morgan fingerprint density at radius 3 is 2.49 bits per heavy atom. The lowest BCUT2D eigenvalue weighted by Crippen LogP contribution is -2.70. The molecule has 13 nitrogen and oxygen atoms in total. The van der Waals surface area contributed by atoms with Crippen molar-refractivity contribution < 1.29 is 27.5 Å². The lowest BCUT2D eigenvalue weighted by molar-refractivity contribution is -0.180. The number of hydrogen-bond acceptors (Lipinski definition) is 10. The molecule has 5 aliphatic heterocycles. The summed E-state index contributed by atoms with van der Waals surface area (Å²) >= 11 is 0. The molecule has 5 fully saturated rings. The van der Waals surface area contributed by atoms with Crippen molar-refractivity contribution in [2.45, 2.75) is 63.1 Å². The van der Waals surface area contributed by atoms with Gasteiger partial charge in [-0.25, -0.2) is 23.1 Å². The van der Waals surface area contributed by atoms with Crippen molar-refractivity contribution in [1.82, 2.24) is 40.2 Å². The molecule has 300 valence electrons. The van der Waals surface area contributed by atoms with Gasteiger partial charge in [-0.2, -0.15) is 5.10 Å². The minimum Gasteiger partial charge on any atom is -0.488 e. The number of amides is 2. The summed E-state index contributed by atoms with van der Waals surface area (Å²) in [5.41, 5.74) is 1.83. The number of H-pyrrole nitrogens is 1. The van der Waals surface area contributed by atoms with Crippen LogP contribution in [0.3, 0.4) is 0 Å². The highest BCUT2D eigenvalue weighted by molar-refractivity contribution is 6.01. The van der Waals surface area contributed by atoms with E-state index in [0.29, 0.717) is 39.0 Å². The quantitative estimate of drug-likeness (QED) is 0.254. The molecule has 1 saturated carbocycles. The Labute approximate surface area is 328 Å². The van der Waals surface area contributed by atoms with Crippen molar-refractivity contribution in [3.63, 3.8) is 0 Å². The van der Waals surface area contributed by atoms with Gasteiger partial charge in [0.2, 0.25) is 5.91 Å². The van der Waals surface area contributed by atoms with Gasteiger partial charge >= 0.3 is 0 Å². The molecule has 57 heavy (non-hydrogen) atoms. The van der Waals surface area contributed by atoms with Crippen molar-refractivity contribution in [1.29, 1.82) is 0 Å². The summed E-state index contributed by atoms with van der Waals surface area (Å²) in [6.45, 7) is 7.38. The number of fused-ring (bicyclic) bond motifs is 2. The second kappa shape index (κ2) is 13.6. The monoisotopic (exact) mass is 784 g/mol. The van der Waals surface area contributed by atoms with Crippen molar-refractivity contribution in [2.24, 2.45) is 5.41 Å². The predicted octanol–water partition coefficient (Wildman–Crippen LogP) is 4.29. The molecule has 10 rings (SSSR count). The first-order chi connectivity index (χ1) is 27.5. The highest BCUT2D eigenvalue weighted by atomic mass is 19.3. The number of piperazine rings is 1. The maximum atomic E-state index is 15.9. The van der Waals surface area contributed by atoms with Crippen LogP contribution in [0.1, 0.15) is 54.9 Å². The summed E-state index contributed by atoms with van der Waals surface area (Å²) in [7, 11) is 0. The molecule has 2 aromatic carbocycles. The molecule has 1 atom stereocenters. The van der Waals surface area contributed by atoms with E-state index in [2.05, 4.69) is 42.2 Å². The second-order valence-electron chi connectivity index (χ2n) is 17.1. The number of rotatable bonds is 9. The standard InChI is InChI=1S/C41H47F3N10O3/c1-39(8-9-39)57-26-4-6-30-28(19-26)36(49-48-30)31-20-34(47-25-46-31)52-17-15-50(16-18-52)13-14-51-12-10-40(41(43,44)24-51)22-53(23-40)32-7-5-27-29(35(32)42)21-54(38(27)56)33-3-2-11-45-37(33)55/h4-7,19-20,25,33H,2-3,8-18,21-24H2,1H3,(H,45,55)(H,48,49). The zero-order valence-corrected chi connectivity index (χ0v) is 32.1. The molecular weight excluding hydrogens is 738 g/mol. The molecule has 2 N–H and O–H groups in total.